The summed E-state index contributed by atoms with van der Waals surface area (Å²) in [5.41, 5.74) is 2.27. The number of nitrogens with one attached hydrogen (secondary N) is 1. The minimum absolute atomic E-state index is 0.152. The van der Waals surface area contributed by atoms with Crippen LogP contribution in [0.25, 0.3) is 22.6 Å². The van der Waals surface area contributed by atoms with Crippen LogP contribution in [0.5, 0.6) is 0 Å². The molecule has 7 nitrogen and oxygen atoms in total. The minimum atomic E-state index is -0.200. The van der Waals surface area contributed by atoms with E-state index in [4.69, 9.17) is 23.2 Å². The molecule has 32 heavy (non-hydrogen) atoms. The van der Waals surface area contributed by atoms with Crippen molar-refractivity contribution >= 4 is 57.3 Å². The summed E-state index contributed by atoms with van der Waals surface area (Å²) in [6.45, 7) is 4.31. The topological polar surface area (TPSA) is 85.6 Å². The number of amides is 1. The second-order valence-electron chi connectivity index (χ2n) is 6.45. The van der Waals surface area contributed by atoms with Gasteiger partial charge in [0.1, 0.15) is 0 Å². The number of benzene rings is 1. The minimum Gasteiger partial charge on any atom is -0.301 e. The molecule has 0 saturated carbocycles. The fraction of sp³-hybridized carbons (Fsp3) is 0.0952. The van der Waals surface area contributed by atoms with Gasteiger partial charge in [0.15, 0.2) is 16.1 Å². The average molecular weight is 503 g/mol. The first-order valence-electron chi connectivity index (χ1n) is 9.33. The molecule has 3 heterocycles. The lowest BCUT2D eigenvalue weighted by atomic mass is 10.2. The highest BCUT2D eigenvalue weighted by Crippen LogP contribution is 2.32. The predicted molar refractivity (Wildman–Crippen MR) is 130 cm³/mol. The number of aromatic nitrogens is 5. The molecule has 0 aliphatic carbocycles. The second-order valence-corrected chi connectivity index (χ2v) is 9.09. The molecule has 162 valence electrons. The third kappa shape index (κ3) is 5.18. The molecule has 0 saturated heterocycles. The van der Waals surface area contributed by atoms with E-state index in [1.54, 1.807) is 36.7 Å². The fourth-order valence-electron chi connectivity index (χ4n) is 2.84. The number of pyridine rings is 1. The molecule has 0 aliphatic rings. The molecule has 0 atom stereocenters. The van der Waals surface area contributed by atoms with Crippen molar-refractivity contribution in [2.75, 3.05) is 11.1 Å². The van der Waals surface area contributed by atoms with E-state index < -0.39 is 0 Å². The molecule has 1 aromatic carbocycles. The summed E-state index contributed by atoms with van der Waals surface area (Å²) in [7, 11) is 0. The standard InChI is InChI=1S/C21H16Cl2N6OS2/c1-2-8-29-19(13-4-3-7-24-10-13)27-28-21(29)32-12-18(30)26-20-25-17(11-31-20)15-6-5-14(22)9-16(15)23/h2-7,9-11H,1,8,12H2,(H,25,26,30). The molecule has 3 aromatic heterocycles. The summed E-state index contributed by atoms with van der Waals surface area (Å²) in [6, 6.07) is 8.95. The number of carbonyl (C=O) groups excluding carboxylic acids is 1. The number of allylic oxidation sites excluding steroid dienone is 1. The summed E-state index contributed by atoms with van der Waals surface area (Å²) < 4.78 is 1.89. The Morgan fingerprint density at radius 3 is 2.91 bits per heavy atom. The van der Waals surface area contributed by atoms with Crippen molar-refractivity contribution < 1.29 is 4.79 Å². The summed E-state index contributed by atoms with van der Waals surface area (Å²) in [5.74, 6) is 0.623. The van der Waals surface area contributed by atoms with Gasteiger partial charge in [0, 0.05) is 40.5 Å². The summed E-state index contributed by atoms with van der Waals surface area (Å²) in [4.78, 5) is 21.1. The SMILES string of the molecule is C=CCn1c(SCC(=O)Nc2nc(-c3ccc(Cl)cc3Cl)cs2)nnc1-c1cccnc1. The van der Waals surface area contributed by atoms with Gasteiger partial charge >= 0.3 is 0 Å². The Hall–Kier alpha value is -2.72. The van der Waals surface area contributed by atoms with Gasteiger partial charge in [-0.2, -0.15) is 0 Å². The predicted octanol–water partition coefficient (Wildman–Crippen LogP) is 5.69. The first kappa shape index (κ1) is 22.5. The van der Waals surface area contributed by atoms with Gasteiger partial charge in [-0.1, -0.05) is 41.0 Å². The first-order valence-corrected chi connectivity index (χ1v) is 12.0. The molecule has 11 heteroatoms. The Balaban J connectivity index is 1.42. The summed E-state index contributed by atoms with van der Waals surface area (Å²) >= 11 is 14.8. The molecule has 0 spiro atoms. The van der Waals surface area contributed by atoms with E-state index in [0.29, 0.717) is 38.4 Å². The Bertz CT molecular complexity index is 1260. The summed E-state index contributed by atoms with van der Waals surface area (Å²) in [5, 5.41) is 15.3. The molecular weight excluding hydrogens is 487 g/mol. The molecule has 4 rings (SSSR count). The van der Waals surface area contributed by atoms with E-state index in [2.05, 4.69) is 32.1 Å². The van der Waals surface area contributed by atoms with Crippen molar-refractivity contribution in [3.63, 3.8) is 0 Å². The monoisotopic (exact) mass is 502 g/mol. The zero-order valence-electron chi connectivity index (χ0n) is 16.5. The number of hydrogen-bond acceptors (Lipinski definition) is 7. The molecule has 0 aliphatic heterocycles. The number of nitrogens with zero attached hydrogens (tertiary/aromatic N) is 5. The molecule has 0 unspecified atom stereocenters. The van der Waals surface area contributed by atoms with Crippen LogP contribution in [0.3, 0.4) is 0 Å². The molecule has 1 amide bonds. The highest BCUT2D eigenvalue weighted by atomic mass is 35.5. The normalized spacial score (nSPS) is 10.8. The molecule has 0 bridgehead atoms. The smallest absolute Gasteiger partial charge is 0.236 e. The number of hydrogen-bond donors (Lipinski definition) is 1. The van der Waals surface area contributed by atoms with E-state index in [1.165, 1.54) is 23.1 Å². The van der Waals surface area contributed by atoms with Crippen LogP contribution < -0.4 is 5.32 Å². The van der Waals surface area contributed by atoms with Crippen molar-refractivity contribution in [3.05, 3.63) is 70.8 Å². The molecule has 1 N–H and O–H groups in total. The van der Waals surface area contributed by atoms with Crippen molar-refractivity contribution in [1.82, 2.24) is 24.7 Å². The third-order valence-electron chi connectivity index (χ3n) is 4.24. The van der Waals surface area contributed by atoms with Crippen LogP contribution in [0, 0.1) is 0 Å². The second kappa shape index (κ2) is 10.3. The van der Waals surface area contributed by atoms with E-state index in [1.807, 2.05) is 22.1 Å². The quantitative estimate of drug-likeness (QED) is 0.246. The number of anilines is 1. The average Bonchev–Trinajstić information content (AvgIpc) is 3.40. The van der Waals surface area contributed by atoms with Gasteiger partial charge < -0.3 is 5.32 Å². The van der Waals surface area contributed by atoms with Crippen molar-refractivity contribution in [3.8, 4) is 22.6 Å². The maximum absolute atomic E-state index is 12.5. The number of thioether (sulfide) groups is 1. The number of thiazole rings is 1. The van der Waals surface area contributed by atoms with E-state index in [9.17, 15) is 4.79 Å². The maximum atomic E-state index is 12.5. The maximum Gasteiger partial charge on any atom is 0.236 e. The lowest BCUT2D eigenvalue weighted by Crippen LogP contribution is -2.14. The molecular formula is C21H16Cl2N6OS2. The highest BCUT2D eigenvalue weighted by Gasteiger charge is 2.16. The zero-order valence-corrected chi connectivity index (χ0v) is 19.7. The van der Waals surface area contributed by atoms with Crippen molar-refractivity contribution in [2.45, 2.75) is 11.7 Å². The largest absolute Gasteiger partial charge is 0.301 e. The van der Waals surface area contributed by atoms with Crippen LogP contribution >= 0.6 is 46.3 Å². The lowest BCUT2D eigenvalue weighted by molar-refractivity contribution is -0.113. The van der Waals surface area contributed by atoms with Gasteiger partial charge in [-0.05, 0) is 30.3 Å². The third-order valence-corrected chi connectivity index (χ3v) is 6.51. The van der Waals surface area contributed by atoms with Crippen LogP contribution in [-0.4, -0.2) is 36.4 Å². The number of halogens is 2. The Morgan fingerprint density at radius 2 is 2.16 bits per heavy atom. The van der Waals surface area contributed by atoms with E-state index >= 15 is 0 Å². The van der Waals surface area contributed by atoms with Crippen molar-refractivity contribution in [1.29, 1.82) is 0 Å². The zero-order chi connectivity index (χ0) is 22.5. The van der Waals surface area contributed by atoms with Gasteiger partial charge in [0.05, 0.1) is 16.5 Å². The van der Waals surface area contributed by atoms with Crippen LogP contribution in [0.15, 0.2) is 65.9 Å². The lowest BCUT2D eigenvalue weighted by Gasteiger charge is -2.07. The first-order chi connectivity index (χ1) is 15.5. The highest BCUT2D eigenvalue weighted by molar-refractivity contribution is 7.99. The van der Waals surface area contributed by atoms with Crippen LogP contribution in [0.2, 0.25) is 10.0 Å². The molecule has 0 fully saturated rings. The van der Waals surface area contributed by atoms with Crippen LogP contribution in [0.4, 0.5) is 5.13 Å². The van der Waals surface area contributed by atoms with Gasteiger partial charge in [-0.3, -0.25) is 14.3 Å². The fourth-order valence-corrected chi connectivity index (χ4v) is 4.82. The number of carbonyl (C=O) groups is 1. The molecule has 0 radical (unpaired) electrons. The van der Waals surface area contributed by atoms with Gasteiger partial charge in [0.2, 0.25) is 5.91 Å². The van der Waals surface area contributed by atoms with Gasteiger partial charge in [-0.15, -0.1) is 28.1 Å². The van der Waals surface area contributed by atoms with Gasteiger partial charge in [0.25, 0.3) is 0 Å². The summed E-state index contributed by atoms with van der Waals surface area (Å²) in [6.07, 6.45) is 5.17. The van der Waals surface area contributed by atoms with E-state index in [0.717, 1.165) is 11.1 Å². The van der Waals surface area contributed by atoms with Crippen LogP contribution in [0.1, 0.15) is 0 Å². The Morgan fingerprint density at radius 1 is 1.28 bits per heavy atom. The van der Waals surface area contributed by atoms with Crippen molar-refractivity contribution in [2.24, 2.45) is 0 Å². The Labute approximate surface area is 202 Å². The van der Waals surface area contributed by atoms with Gasteiger partial charge in [-0.25, -0.2) is 4.98 Å². The molecule has 4 aromatic rings. The number of rotatable bonds is 8. The Kier molecular flexibility index (Phi) is 7.21. The van der Waals surface area contributed by atoms with Crippen LogP contribution in [-0.2, 0) is 11.3 Å². The van der Waals surface area contributed by atoms with E-state index in [-0.39, 0.29) is 11.7 Å².